The van der Waals surface area contributed by atoms with Gasteiger partial charge in [0.25, 0.3) is 5.91 Å². The molecule has 1 atom stereocenters. The number of ether oxygens (including phenoxy) is 1. The fourth-order valence-corrected chi connectivity index (χ4v) is 2.69. The van der Waals surface area contributed by atoms with Crippen LogP contribution in [0.25, 0.3) is 0 Å². The lowest BCUT2D eigenvalue weighted by Crippen LogP contribution is -2.45. The summed E-state index contributed by atoms with van der Waals surface area (Å²) < 4.78 is 19.1. The molecule has 1 amide bonds. The van der Waals surface area contributed by atoms with Crippen LogP contribution in [0.4, 0.5) is 4.39 Å². The van der Waals surface area contributed by atoms with Crippen LogP contribution >= 0.6 is 11.6 Å². The van der Waals surface area contributed by atoms with Crippen LogP contribution < -0.4 is 0 Å². The molecule has 3 rings (SSSR count). The Morgan fingerprint density at radius 1 is 1.38 bits per heavy atom. The Hall–Kier alpha value is -1.66. The lowest BCUT2D eigenvalue weighted by atomic mass is 10.0. The molecule has 2 heterocycles. The van der Waals surface area contributed by atoms with E-state index in [1.165, 1.54) is 12.1 Å². The van der Waals surface area contributed by atoms with Gasteiger partial charge in [-0.15, -0.1) is 0 Å². The molecule has 0 aliphatic carbocycles. The molecule has 0 aromatic heterocycles. The van der Waals surface area contributed by atoms with Crippen LogP contribution in [-0.4, -0.2) is 48.9 Å². The van der Waals surface area contributed by atoms with Crippen molar-refractivity contribution in [1.82, 2.24) is 4.90 Å². The number of rotatable bonds is 2. The number of oxime groups is 1. The van der Waals surface area contributed by atoms with E-state index in [0.717, 1.165) is 0 Å². The summed E-state index contributed by atoms with van der Waals surface area (Å²) in [7, 11) is 0. The Bertz CT molecular complexity index is 567. The van der Waals surface area contributed by atoms with Gasteiger partial charge >= 0.3 is 0 Å². The first-order valence-corrected chi connectivity index (χ1v) is 7.08. The van der Waals surface area contributed by atoms with E-state index in [0.29, 0.717) is 32.0 Å². The summed E-state index contributed by atoms with van der Waals surface area (Å²) in [4.78, 5) is 19.1. The number of nitrogens with zero attached hydrogens (tertiary/aromatic N) is 2. The fraction of sp³-hybridized carbons (Fsp3) is 0.429. The molecule has 0 radical (unpaired) electrons. The minimum atomic E-state index is -0.714. The van der Waals surface area contributed by atoms with E-state index in [1.807, 2.05) is 0 Å². The third-order valence-electron chi connectivity index (χ3n) is 3.52. The van der Waals surface area contributed by atoms with Crippen molar-refractivity contribution in [3.63, 3.8) is 0 Å². The normalized spacial score (nSPS) is 21.9. The molecule has 1 aromatic rings. The molecule has 1 saturated heterocycles. The third-order valence-corrected chi connectivity index (χ3v) is 3.83. The molecule has 7 heteroatoms. The van der Waals surface area contributed by atoms with Gasteiger partial charge in [-0.3, -0.25) is 4.79 Å². The molecule has 1 aromatic carbocycles. The van der Waals surface area contributed by atoms with Crippen molar-refractivity contribution in [2.75, 3.05) is 26.3 Å². The van der Waals surface area contributed by atoms with Gasteiger partial charge in [-0.2, -0.15) is 0 Å². The topological polar surface area (TPSA) is 51.1 Å². The van der Waals surface area contributed by atoms with Gasteiger partial charge in [-0.1, -0.05) is 22.8 Å². The molecule has 0 unspecified atom stereocenters. The number of amides is 1. The standard InChI is InChI=1S/C14H14ClFN2O3/c15-9-2-1-3-10(16)13(9)11-8-12(21-17-11)14(19)18-4-6-20-7-5-18/h1-3,12H,4-8H2/t12-/m1/s1. The molecule has 0 bridgehead atoms. The van der Waals surface area contributed by atoms with Crippen molar-refractivity contribution in [3.8, 4) is 0 Å². The molecule has 112 valence electrons. The minimum Gasteiger partial charge on any atom is -0.382 e. The predicted octanol–water partition coefficient (Wildman–Crippen LogP) is 1.83. The highest BCUT2D eigenvalue weighted by Crippen LogP contribution is 2.26. The van der Waals surface area contributed by atoms with E-state index >= 15 is 0 Å². The zero-order valence-electron chi connectivity index (χ0n) is 11.2. The maximum Gasteiger partial charge on any atom is 0.267 e. The lowest BCUT2D eigenvalue weighted by molar-refractivity contribution is -0.146. The van der Waals surface area contributed by atoms with E-state index in [-0.39, 0.29) is 22.9 Å². The molecule has 0 spiro atoms. The number of carbonyl (C=O) groups excluding carboxylic acids is 1. The van der Waals surface area contributed by atoms with E-state index < -0.39 is 11.9 Å². The molecule has 2 aliphatic rings. The van der Waals surface area contributed by atoms with Crippen LogP contribution in [-0.2, 0) is 14.4 Å². The van der Waals surface area contributed by atoms with Gasteiger partial charge in [-0.05, 0) is 12.1 Å². The van der Waals surface area contributed by atoms with Gasteiger partial charge in [0.15, 0.2) is 0 Å². The second-order valence-electron chi connectivity index (χ2n) is 4.87. The molecule has 1 fully saturated rings. The van der Waals surface area contributed by atoms with Crippen LogP contribution in [0.5, 0.6) is 0 Å². The van der Waals surface area contributed by atoms with Crippen LogP contribution in [0, 0.1) is 5.82 Å². The number of hydrogen-bond donors (Lipinski definition) is 0. The first kappa shape index (κ1) is 14.3. The summed E-state index contributed by atoms with van der Waals surface area (Å²) in [5.41, 5.74) is 0.571. The average Bonchev–Trinajstić information content (AvgIpc) is 2.97. The van der Waals surface area contributed by atoms with Crippen molar-refractivity contribution in [3.05, 3.63) is 34.6 Å². The zero-order chi connectivity index (χ0) is 14.8. The Morgan fingerprint density at radius 3 is 2.86 bits per heavy atom. The van der Waals surface area contributed by atoms with Crippen molar-refractivity contribution in [2.24, 2.45) is 5.16 Å². The smallest absolute Gasteiger partial charge is 0.267 e. The highest BCUT2D eigenvalue weighted by Gasteiger charge is 2.34. The van der Waals surface area contributed by atoms with Gasteiger partial charge in [0.2, 0.25) is 6.10 Å². The molecule has 2 aliphatic heterocycles. The number of hydrogen-bond acceptors (Lipinski definition) is 4. The van der Waals surface area contributed by atoms with Crippen LogP contribution in [0.1, 0.15) is 12.0 Å². The maximum atomic E-state index is 13.9. The third kappa shape index (κ3) is 2.87. The van der Waals surface area contributed by atoms with Gasteiger partial charge in [0, 0.05) is 19.5 Å². The number of benzene rings is 1. The van der Waals surface area contributed by atoms with Crippen LogP contribution in [0.2, 0.25) is 5.02 Å². The minimum absolute atomic E-state index is 0.149. The molecule has 0 N–H and O–H groups in total. The van der Waals surface area contributed by atoms with E-state index in [9.17, 15) is 9.18 Å². The van der Waals surface area contributed by atoms with Gasteiger partial charge in [-0.25, -0.2) is 4.39 Å². The average molecular weight is 313 g/mol. The highest BCUT2D eigenvalue weighted by molar-refractivity contribution is 6.34. The van der Waals surface area contributed by atoms with Gasteiger partial charge in [0.1, 0.15) is 5.82 Å². The summed E-state index contributed by atoms with van der Waals surface area (Å²) >= 11 is 6.00. The number of morpholine rings is 1. The molecule has 5 nitrogen and oxygen atoms in total. The van der Waals surface area contributed by atoms with Gasteiger partial charge in [0.05, 0.1) is 29.5 Å². The largest absolute Gasteiger partial charge is 0.382 e. The Labute approximate surface area is 126 Å². The predicted molar refractivity (Wildman–Crippen MR) is 74.8 cm³/mol. The molecule has 21 heavy (non-hydrogen) atoms. The van der Waals surface area contributed by atoms with Crippen molar-refractivity contribution >= 4 is 23.2 Å². The maximum absolute atomic E-state index is 13.9. The first-order chi connectivity index (χ1) is 10.2. The molecular formula is C14H14ClFN2O3. The summed E-state index contributed by atoms with van der Waals surface area (Å²) in [6.07, 6.45) is -0.495. The zero-order valence-corrected chi connectivity index (χ0v) is 12.0. The van der Waals surface area contributed by atoms with E-state index in [4.69, 9.17) is 21.2 Å². The summed E-state index contributed by atoms with van der Waals surface area (Å²) in [5, 5.41) is 4.10. The first-order valence-electron chi connectivity index (χ1n) is 6.70. The summed E-state index contributed by atoms with van der Waals surface area (Å²) in [6.45, 7) is 2.11. The quantitative estimate of drug-likeness (QED) is 0.837. The second kappa shape index (κ2) is 5.99. The SMILES string of the molecule is O=C([C@H]1CC(c2c(F)cccc2Cl)=NO1)N1CCOCC1. The monoisotopic (exact) mass is 312 g/mol. The lowest BCUT2D eigenvalue weighted by Gasteiger charge is -2.28. The van der Waals surface area contributed by atoms with E-state index in [1.54, 1.807) is 11.0 Å². The van der Waals surface area contributed by atoms with E-state index in [2.05, 4.69) is 5.16 Å². The summed E-state index contributed by atoms with van der Waals surface area (Å²) in [6, 6.07) is 4.41. The second-order valence-corrected chi connectivity index (χ2v) is 5.28. The number of carbonyl (C=O) groups is 1. The van der Waals surface area contributed by atoms with Crippen molar-refractivity contribution < 1.29 is 18.8 Å². The number of halogens is 2. The Morgan fingerprint density at radius 2 is 2.14 bits per heavy atom. The van der Waals surface area contributed by atoms with Gasteiger partial charge < -0.3 is 14.5 Å². The fourth-order valence-electron chi connectivity index (χ4n) is 2.42. The highest BCUT2D eigenvalue weighted by atomic mass is 35.5. The molecular weight excluding hydrogens is 299 g/mol. The van der Waals surface area contributed by atoms with Crippen molar-refractivity contribution in [1.29, 1.82) is 0 Å². The molecule has 0 saturated carbocycles. The van der Waals surface area contributed by atoms with Crippen molar-refractivity contribution in [2.45, 2.75) is 12.5 Å². The Kier molecular flexibility index (Phi) is 4.07. The summed E-state index contributed by atoms with van der Waals surface area (Å²) in [5.74, 6) is -0.617. The Balaban J connectivity index is 1.71. The van der Waals surface area contributed by atoms with Crippen LogP contribution in [0.3, 0.4) is 0 Å². The van der Waals surface area contributed by atoms with Crippen LogP contribution in [0.15, 0.2) is 23.4 Å².